The van der Waals surface area contributed by atoms with E-state index in [0.717, 1.165) is 17.9 Å². The summed E-state index contributed by atoms with van der Waals surface area (Å²) < 4.78 is 0. The molecule has 5 heteroatoms. The van der Waals surface area contributed by atoms with E-state index in [1.807, 2.05) is 66.4 Å². The molecule has 146 valence electrons. The Bertz CT molecular complexity index is 1040. The maximum atomic E-state index is 13.0. The van der Waals surface area contributed by atoms with Gasteiger partial charge < -0.3 is 4.90 Å². The van der Waals surface area contributed by atoms with Crippen LogP contribution in [0.2, 0.25) is 0 Å². The first-order valence-electron chi connectivity index (χ1n) is 9.83. The highest BCUT2D eigenvalue weighted by molar-refractivity contribution is 7.80. The summed E-state index contributed by atoms with van der Waals surface area (Å²) in [4.78, 5) is 18.8. The zero-order valence-corrected chi connectivity index (χ0v) is 17.4. The number of thiocarbonyl (C=S) groups is 1. The standard InChI is InChI=1S/C24H23N3OS/c1-3-25-19(15-14-18-10-8-9-13-21(18)25)16-17-22-23(28)26(4-2)24(29)27(22)20-11-6-5-7-12-20/h5-17H,3-4H2,1-2H3/b19-16+,22-17+. The van der Waals surface area contributed by atoms with Gasteiger partial charge in [-0.05, 0) is 68.1 Å². The first-order valence-corrected chi connectivity index (χ1v) is 10.2. The summed E-state index contributed by atoms with van der Waals surface area (Å²) in [6, 6.07) is 18.1. The lowest BCUT2D eigenvalue weighted by Crippen LogP contribution is -2.32. The number of para-hydroxylation sites is 2. The van der Waals surface area contributed by atoms with Crippen LogP contribution in [0.25, 0.3) is 6.08 Å². The van der Waals surface area contributed by atoms with Crippen LogP contribution in [-0.4, -0.2) is 29.0 Å². The van der Waals surface area contributed by atoms with Crippen molar-refractivity contribution in [1.29, 1.82) is 0 Å². The van der Waals surface area contributed by atoms with Crippen LogP contribution in [0.5, 0.6) is 0 Å². The predicted octanol–water partition coefficient (Wildman–Crippen LogP) is 4.96. The molecule has 1 saturated heterocycles. The highest BCUT2D eigenvalue weighted by Gasteiger charge is 2.37. The highest BCUT2D eigenvalue weighted by atomic mass is 32.1. The average molecular weight is 402 g/mol. The predicted molar refractivity (Wildman–Crippen MR) is 124 cm³/mol. The fourth-order valence-electron chi connectivity index (χ4n) is 3.74. The minimum absolute atomic E-state index is 0.0681. The lowest BCUT2D eigenvalue weighted by Gasteiger charge is -2.29. The fourth-order valence-corrected chi connectivity index (χ4v) is 4.15. The Hall–Kier alpha value is -3.18. The smallest absolute Gasteiger partial charge is 0.277 e. The third kappa shape index (κ3) is 3.38. The number of fused-ring (bicyclic) bond motifs is 1. The first kappa shape index (κ1) is 19.2. The van der Waals surface area contributed by atoms with Crippen LogP contribution in [0.3, 0.4) is 0 Å². The van der Waals surface area contributed by atoms with Crippen LogP contribution < -0.4 is 9.80 Å². The molecule has 2 aromatic carbocycles. The van der Waals surface area contributed by atoms with Crippen molar-refractivity contribution in [2.24, 2.45) is 0 Å². The lowest BCUT2D eigenvalue weighted by molar-refractivity contribution is -0.122. The van der Waals surface area contributed by atoms with E-state index in [1.54, 1.807) is 4.90 Å². The molecule has 0 spiro atoms. The molecule has 2 aromatic rings. The number of allylic oxidation sites excluding steroid dienone is 3. The molecule has 1 fully saturated rings. The largest absolute Gasteiger partial charge is 0.341 e. The maximum absolute atomic E-state index is 13.0. The van der Waals surface area contributed by atoms with E-state index in [9.17, 15) is 4.79 Å². The Kier molecular flexibility index (Phi) is 5.32. The Balaban J connectivity index is 1.76. The van der Waals surface area contributed by atoms with E-state index >= 15 is 0 Å². The number of hydrogen-bond donors (Lipinski definition) is 0. The number of hydrogen-bond acceptors (Lipinski definition) is 3. The van der Waals surface area contributed by atoms with Crippen LogP contribution in [0.4, 0.5) is 11.4 Å². The second kappa shape index (κ2) is 8.05. The van der Waals surface area contributed by atoms with Crippen molar-refractivity contribution in [2.45, 2.75) is 13.8 Å². The van der Waals surface area contributed by atoms with Crippen LogP contribution >= 0.6 is 12.2 Å². The van der Waals surface area contributed by atoms with Crippen molar-refractivity contribution in [2.75, 3.05) is 22.9 Å². The van der Waals surface area contributed by atoms with E-state index in [1.165, 1.54) is 11.3 Å². The fraction of sp³-hybridized carbons (Fsp3) is 0.167. The van der Waals surface area contributed by atoms with Crippen molar-refractivity contribution >= 4 is 40.7 Å². The number of likely N-dealkylation sites (N-methyl/N-ethyl adjacent to an activating group) is 2. The highest BCUT2D eigenvalue weighted by Crippen LogP contribution is 2.32. The molecular weight excluding hydrogens is 378 g/mol. The second-order valence-electron chi connectivity index (χ2n) is 6.78. The minimum atomic E-state index is -0.0681. The van der Waals surface area contributed by atoms with Gasteiger partial charge in [-0.15, -0.1) is 0 Å². The number of nitrogens with zero attached hydrogens (tertiary/aromatic N) is 3. The summed E-state index contributed by atoms with van der Waals surface area (Å²) in [5, 5.41) is 0.519. The third-order valence-corrected chi connectivity index (χ3v) is 5.56. The number of amides is 1. The Morgan fingerprint density at radius 2 is 1.55 bits per heavy atom. The van der Waals surface area contributed by atoms with Gasteiger partial charge in [0.2, 0.25) is 0 Å². The van der Waals surface area contributed by atoms with Crippen molar-refractivity contribution in [1.82, 2.24) is 4.90 Å². The van der Waals surface area contributed by atoms with E-state index < -0.39 is 0 Å². The zero-order valence-electron chi connectivity index (χ0n) is 16.6. The number of rotatable bonds is 4. The molecule has 2 aliphatic rings. The molecule has 0 unspecified atom stereocenters. The van der Waals surface area contributed by atoms with Crippen molar-refractivity contribution in [3.8, 4) is 0 Å². The topological polar surface area (TPSA) is 26.8 Å². The van der Waals surface area contributed by atoms with Gasteiger partial charge in [-0.2, -0.15) is 0 Å². The van der Waals surface area contributed by atoms with Crippen LogP contribution in [-0.2, 0) is 4.79 Å². The lowest BCUT2D eigenvalue weighted by atomic mass is 10.1. The van der Waals surface area contributed by atoms with Crippen LogP contribution in [0.15, 0.2) is 84.2 Å². The molecule has 1 amide bonds. The Morgan fingerprint density at radius 1 is 0.862 bits per heavy atom. The van der Waals surface area contributed by atoms with Gasteiger partial charge in [-0.3, -0.25) is 14.6 Å². The van der Waals surface area contributed by atoms with Gasteiger partial charge in [0.05, 0.1) is 0 Å². The summed E-state index contributed by atoms with van der Waals surface area (Å²) in [7, 11) is 0. The van der Waals surface area contributed by atoms with Crippen molar-refractivity contribution in [3.63, 3.8) is 0 Å². The molecule has 4 rings (SSSR count). The number of benzene rings is 2. The Labute approximate surface area is 177 Å². The minimum Gasteiger partial charge on any atom is -0.341 e. The van der Waals surface area contributed by atoms with E-state index in [-0.39, 0.29) is 5.91 Å². The number of anilines is 2. The summed E-state index contributed by atoms with van der Waals surface area (Å²) in [6.07, 6.45) is 8.08. The molecule has 0 atom stereocenters. The van der Waals surface area contributed by atoms with E-state index in [0.29, 0.717) is 17.4 Å². The van der Waals surface area contributed by atoms with Gasteiger partial charge >= 0.3 is 0 Å². The summed E-state index contributed by atoms with van der Waals surface area (Å²) in [5.74, 6) is -0.0681. The third-order valence-electron chi connectivity index (χ3n) is 5.16. The van der Waals surface area contributed by atoms with Gasteiger partial charge in [-0.25, -0.2) is 0 Å². The summed E-state index contributed by atoms with van der Waals surface area (Å²) >= 11 is 5.61. The quantitative estimate of drug-likeness (QED) is 0.534. The molecule has 0 radical (unpaired) electrons. The first-order chi connectivity index (χ1) is 14.2. The van der Waals surface area contributed by atoms with Crippen LogP contribution in [0.1, 0.15) is 19.4 Å². The molecule has 4 nitrogen and oxygen atoms in total. The summed E-state index contributed by atoms with van der Waals surface area (Å²) in [5.41, 5.74) is 4.87. The molecular formula is C24H23N3OS. The molecule has 2 aliphatic heterocycles. The molecule has 0 aromatic heterocycles. The van der Waals surface area contributed by atoms with Gasteiger partial charge in [0.1, 0.15) is 5.70 Å². The summed E-state index contributed by atoms with van der Waals surface area (Å²) in [6.45, 7) is 5.45. The second-order valence-corrected chi connectivity index (χ2v) is 7.15. The maximum Gasteiger partial charge on any atom is 0.277 e. The molecule has 0 bridgehead atoms. The number of carbonyl (C=O) groups excluding carboxylic acids is 1. The molecule has 0 N–H and O–H groups in total. The Morgan fingerprint density at radius 3 is 2.28 bits per heavy atom. The van der Waals surface area contributed by atoms with Gasteiger partial charge in [0, 0.05) is 30.2 Å². The van der Waals surface area contributed by atoms with Crippen molar-refractivity contribution in [3.05, 3.63) is 89.8 Å². The van der Waals surface area contributed by atoms with Crippen molar-refractivity contribution < 1.29 is 4.79 Å². The van der Waals surface area contributed by atoms with Gasteiger partial charge in [0.15, 0.2) is 5.11 Å². The SMILES string of the molecule is CCN1C(=O)/C(=C\C=C2/C=Cc3ccccc3N2CC)N(c2ccccc2)C1=S. The molecule has 2 heterocycles. The van der Waals surface area contributed by atoms with E-state index in [4.69, 9.17) is 12.2 Å². The molecule has 0 saturated carbocycles. The van der Waals surface area contributed by atoms with E-state index in [2.05, 4.69) is 36.1 Å². The van der Waals surface area contributed by atoms with Gasteiger partial charge in [-0.1, -0.05) is 42.5 Å². The number of carbonyl (C=O) groups is 1. The zero-order chi connectivity index (χ0) is 20.4. The normalized spacial score (nSPS) is 18.9. The molecule has 29 heavy (non-hydrogen) atoms. The van der Waals surface area contributed by atoms with Gasteiger partial charge in [0.25, 0.3) is 5.91 Å². The monoisotopic (exact) mass is 401 g/mol. The average Bonchev–Trinajstić information content (AvgIpc) is 3.01. The van der Waals surface area contributed by atoms with Crippen LogP contribution in [0, 0.1) is 0 Å². The molecule has 0 aliphatic carbocycles.